The summed E-state index contributed by atoms with van der Waals surface area (Å²) in [4.78, 5) is 12.9. The van der Waals surface area contributed by atoms with Crippen LogP contribution in [0.15, 0.2) is 0 Å². The molecule has 1 unspecified atom stereocenters. The van der Waals surface area contributed by atoms with Gasteiger partial charge in [-0.3, -0.25) is 4.79 Å². The Morgan fingerprint density at radius 1 is 1.64 bits per heavy atom. The molecule has 0 radical (unpaired) electrons. The molecular weight excluding hydrogens is 180 g/mol. The monoisotopic (exact) mass is 198 g/mol. The summed E-state index contributed by atoms with van der Waals surface area (Å²) in [6.45, 7) is 2.68. The van der Waals surface area contributed by atoms with E-state index in [0.29, 0.717) is 19.4 Å². The second-order valence-corrected chi connectivity index (χ2v) is 3.23. The van der Waals surface area contributed by atoms with Gasteiger partial charge in [0.1, 0.15) is 0 Å². The zero-order chi connectivity index (χ0) is 11.0. The van der Waals surface area contributed by atoms with Crippen molar-refractivity contribution in [2.75, 3.05) is 20.7 Å². The molecule has 4 heteroatoms. The Balaban J connectivity index is 3.86. The number of nitrogens with zero attached hydrogens (tertiary/aromatic N) is 2. The molecule has 0 saturated carbocycles. The van der Waals surface area contributed by atoms with Gasteiger partial charge in [-0.05, 0) is 13.5 Å². The highest BCUT2D eigenvalue weighted by molar-refractivity contribution is 5.69. The average Bonchev–Trinajstić information content (AvgIpc) is 2.21. The lowest BCUT2D eigenvalue weighted by Gasteiger charge is -2.24. The number of methoxy groups -OCH3 is 1. The van der Waals surface area contributed by atoms with Crippen LogP contribution in [0.4, 0.5) is 0 Å². The first-order valence-electron chi connectivity index (χ1n) is 4.79. The third-order valence-corrected chi connectivity index (χ3v) is 2.32. The van der Waals surface area contributed by atoms with E-state index in [-0.39, 0.29) is 12.0 Å². The standard InChI is InChI=1S/C10H18N2O2/c1-4-9(5-7-11)12(2)8-6-10(13)14-3/h9H,4-6,8H2,1-3H3. The molecule has 14 heavy (non-hydrogen) atoms. The first-order chi connectivity index (χ1) is 6.65. The van der Waals surface area contributed by atoms with Gasteiger partial charge in [-0.2, -0.15) is 5.26 Å². The Labute approximate surface area is 85.5 Å². The van der Waals surface area contributed by atoms with Gasteiger partial charge in [-0.15, -0.1) is 0 Å². The smallest absolute Gasteiger partial charge is 0.306 e. The highest BCUT2D eigenvalue weighted by Crippen LogP contribution is 2.06. The van der Waals surface area contributed by atoms with Crippen molar-refractivity contribution in [1.29, 1.82) is 5.26 Å². The van der Waals surface area contributed by atoms with Crippen molar-refractivity contribution in [3.8, 4) is 6.07 Å². The van der Waals surface area contributed by atoms with E-state index in [0.717, 1.165) is 6.42 Å². The Bertz CT molecular complexity index is 211. The van der Waals surface area contributed by atoms with Crippen LogP contribution >= 0.6 is 0 Å². The first kappa shape index (κ1) is 12.9. The van der Waals surface area contributed by atoms with Crippen molar-refractivity contribution in [2.45, 2.75) is 32.2 Å². The van der Waals surface area contributed by atoms with Crippen molar-refractivity contribution in [3.63, 3.8) is 0 Å². The van der Waals surface area contributed by atoms with Gasteiger partial charge >= 0.3 is 5.97 Å². The zero-order valence-electron chi connectivity index (χ0n) is 9.12. The second-order valence-electron chi connectivity index (χ2n) is 3.23. The van der Waals surface area contributed by atoms with Crippen LogP contribution in [0.25, 0.3) is 0 Å². The largest absolute Gasteiger partial charge is 0.469 e. The van der Waals surface area contributed by atoms with Gasteiger partial charge in [0.05, 0.1) is 26.0 Å². The van der Waals surface area contributed by atoms with Gasteiger partial charge in [0.15, 0.2) is 0 Å². The van der Waals surface area contributed by atoms with Gasteiger partial charge in [-0.25, -0.2) is 0 Å². The maximum absolute atomic E-state index is 10.9. The number of hydrogen-bond acceptors (Lipinski definition) is 4. The number of carbonyl (C=O) groups is 1. The lowest BCUT2D eigenvalue weighted by molar-refractivity contribution is -0.141. The van der Waals surface area contributed by atoms with Gasteiger partial charge < -0.3 is 9.64 Å². The lowest BCUT2D eigenvalue weighted by atomic mass is 10.1. The summed E-state index contributed by atoms with van der Waals surface area (Å²) in [6, 6.07) is 2.38. The SMILES string of the molecule is CCC(CC#N)N(C)CCC(=O)OC. The van der Waals surface area contributed by atoms with Crippen LogP contribution in [0.1, 0.15) is 26.2 Å². The van der Waals surface area contributed by atoms with E-state index in [1.807, 2.05) is 18.9 Å². The zero-order valence-corrected chi connectivity index (χ0v) is 9.12. The van der Waals surface area contributed by atoms with Crippen molar-refractivity contribution < 1.29 is 9.53 Å². The molecule has 0 bridgehead atoms. The summed E-state index contributed by atoms with van der Waals surface area (Å²) in [5.74, 6) is -0.205. The molecule has 0 spiro atoms. The quantitative estimate of drug-likeness (QED) is 0.601. The fourth-order valence-electron chi connectivity index (χ4n) is 1.27. The van der Waals surface area contributed by atoms with Crippen molar-refractivity contribution >= 4 is 5.97 Å². The predicted octanol–water partition coefficient (Wildman–Crippen LogP) is 1.17. The van der Waals surface area contributed by atoms with Crippen LogP contribution in [0.3, 0.4) is 0 Å². The van der Waals surface area contributed by atoms with Gasteiger partial charge in [0, 0.05) is 12.6 Å². The second kappa shape index (κ2) is 7.34. The molecule has 0 aromatic carbocycles. The summed E-state index contributed by atoms with van der Waals surface area (Å²) in [5.41, 5.74) is 0. The Hall–Kier alpha value is -1.08. The molecule has 0 saturated heterocycles. The fourth-order valence-corrected chi connectivity index (χ4v) is 1.27. The van der Waals surface area contributed by atoms with E-state index in [4.69, 9.17) is 5.26 Å². The minimum absolute atomic E-state index is 0.205. The number of rotatable bonds is 6. The van der Waals surface area contributed by atoms with E-state index in [9.17, 15) is 4.79 Å². The van der Waals surface area contributed by atoms with E-state index >= 15 is 0 Å². The number of nitriles is 1. The molecule has 0 N–H and O–H groups in total. The number of carbonyl (C=O) groups excluding carboxylic acids is 1. The Kier molecular flexibility index (Phi) is 6.77. The molecule has 0 aliphatic carbocycles. The molecule has 0 aliphatic rings. The van der Waals surface area contributed by atoms with Crippen LogP contribution in [0, 0.1) is 11.3 Å². The fraction of sp³-hybridized carbons (Fsp3) is 0.800. The molecule has 80 valence electrons. The van der Waals surface area contributed by atoms with Gasteiger partial charge in [-0.1, -0.05) is 6.92 Å². The molecule has 0 rings (SSSR count). The van der Waals surface area contributed by atoms with Gasteiger partial charge in [0.2, 0.25) is 0 Å². The third kappa shape index (κ3) is 4.83. The summed E-state index contributed by atoms with van der Waals surface area (Å²) in [5, 5.41) is 8.57. The van der Waals surface area contributed by atoms with Crippen molar-refractivity contribution in [1.82, 2.24) is 4.90 Å². The third-order valence-electron chi connectivity index (χ3n) is 2.32. The highest BCUT2D eigenvalue weighted by Gasteiger charge is 2.13. The molecular formula is C10H18N2O2. The number of ether oxygens (including phenoxy) is 1. The lowest BCUT2D eigenvalue weighted by Crippen LogP contribution is -2.32. The summed E-state index contributed by atoms with van der Waals surface area (Å²) in [6.07, 6.45) is 1.81. The summed E-state index contributed by atoms with van der Waals surface area (Å²) < 4.78 is 4.54. The molecule has 1 atom stereocenters. The number of hydrogen-bond donors (Lipinski definition) is 0. The summed E-state index contributed by atoms with van der Waals surface area (Å²) in [7, 11) is 3.31. The molecule has 0 aromatic heterocycles. The van der Waals surface area contributed by atoms with E-state index in [1.54, 1.807) is 0 Å². The van der Waals surface area contributed by atoms with Gasteiger partial charge in [0.25, 0.3) is 0 Å². The normalized spacial score (nSPS) is 12.2. The topological polar surface area (TPSA) is 53.3 Å². The van der Waals surface area contributed by atoms with Crippen molar-refractivity contribution in [2.24, 2.45) is 0 Å². The van der Waals surface area contributed by atoms with Crippen LogP contribution in [0.5, 0.6) is 0 Å². The minimum atomic E-state index is -0.205. The molecule has 0 aromatic rings. The van der Waals surface area contributed by atoms with Crippen LogP contribution in [-0.2, 0) is 9.53 Å². The molecule has 0 amide bonds. The average molecular weight is 198 g/mol. The predicted molar refractivity (Wildman–Crippen MR) is 53.6 cm³/mol. The maximum atomic E-state index is 10.9. The highest BCUT2D eigenvalue weighted by atomic mass is 16.5. The minimum Gasteiger partial charge on any atom is -0.469 e. The van der Waals surface area contributed by atoms with E-state index < -0.39 is 0 Å². The Morgan fingerprint density at radius 2 is 2.29 bits per heavy atom. The van der Waals surface area contributed by atoms with Crippen LogP contribution < -0.4 is 0 Å². The van der Waals surface area contributed by atoms with E-state index in [1.165, 1.54) is 7.11 Å². The number of esters is 1. The maximum Gasteiger partial charge on any atom is 0.306 e. The Morgan fingerprint density at radius 3 is 2.71 bits per heavy atom. The van der Waals surface area contributed by atoms with Crippen LogP contribution in [-0.4, -0.2) is 37.6 Å². The summed E-state index contributed by atoms with van der Waals surface area (Å²) >= 11 is 0. The molecule has 0 fully saturated rings. The molecule has 0 aliphatic heterocycles. The first-order valence-corrected chi connectivity index (χ1v) is 4.79. The van der Waals surface area contributed by atoms with E-state index in [2.05, 4.69) is 10.8 Å². The molecule has 4 nitrogen and oxygen atoms in total. The van der Waals surface area contributed by atoms with Crippen LogP contribution in [0.2, 0.25) is 0 Å². The molecule has 0 heterocycles. The van der Waals surface area contributed by atoms with Crippen molar-refractivity contribution in [3.05, 3.63) is 0 Å².